The lowest BCUT2D eigenvalue weighted by molar-refractivity contribution is -0.128. The van der Waals surface area contributed by atoms with E-state index in [2.05, 4.69) is 36.5 Å². The highest BCUT2D eigenvalue weighted by molar-refractivity contribution is 7.92. The first-order valence-corrected chi connectivity index (χ1v) is 11.3. The first-order chi connectivity index (χ1) is 13.3. The second kappa shape index (κ2) is 8.65. The van der Waals surface area contributed by atoms with Crippen molar-refractivity contribution in [2.45, 2.75) is 32.3 Å². The Morgan fingerprint density at radius 1 is 1.18 bits per heavy atom. The molecule has 0 bridgehead atoms. The Morgan fingerprint density at radius 2 is 1.89 bits per heavy atom. The Kier molecular flexibility index (Phi) is 6.24. The predicted molar refractivity (Wildman–Crippen MR) is 110 cm³/mol. The molecule has 6 nitrogen and oxygen atoms in total. The van der Waals surface area contributed by atoms with Gasteiger partial charge in [0.15, 0.2) is 6.10 Å². The van der Waals surface area contributed by atoms with Crippen LogP contribution in [0.4, 0.5) is 5.69 Å². The number of carbonyl (C=O) groups excluding carboxylic acids is 1. The largest absolute Gasteiger partial charge is 0.478 e. The predicted octanol–water partition coefficient (Wildman–Crippen LogP) is 2.66. The number of hydrogen-bond donors (Lipinski definition) is 1. The number of aryl methyl sites for hydroxylation is 2. The number of amides is 1. The standard InChI is InChI=1S/C21H26N2O4S/c1-16-9-11-17(12-10-16)6-5-14-22-21(24)20-13-15-23(28(2,25)26)18-7-3-4-8-19(18)27-20/h3-4,7-12,20H,5-6,13-15H2,1-2H3,(H,22,24)/t20-/m1/s1. The highest BCUT2D eigenvalue weighted by Crippen LogP contribution is 2.33. The molecule has 0 fully saturated rings. The van der Waals surface area contributed by atoms with Gasteiger partial charge >= 0.3 is 0 Å². The summed E-state index contributed by atoms with van der Waals surface area (Å²) in [4.78, 5) is 12.6. The zero-order chi connectivity index (χ0) is 20.1. The van der Waals surface area contributed by atoms with Crippen molar-refractivity contribution in [3.8, 4) is 5.75 Å². The van der Waals surface area contributed by atoms with Gasteiger partial charge in [0.2, 0.25) is 10.0 Å². The van der Waals surface area contributed by atoms with E-state index < -0.39 is 16.1 Å². The number of ether oxygens (including phenoxy) is 1. The Balaban J connectivity index is 1.58. The van der Waals surface area contributed by atoms with E-state index in [-0.39, 0.29) is 12.5 Å². The van der Waals surface area contributed by atoms with Gasteiger partial charge in [-0.2, -0.15) is 0 Å². The summed E-state index contributed by atoms with van der Waals surface area (Å²) in [6.07, 6.45) is 2.46. The number of hydrogen-bond acceptors (Lipinski definition) is 4. The van der Waals surface area contributed by atoms with Gasteiger partial charge in [0.25, 0.3) is 5.91 Å². The normalized spacial score (nSPS) is 16.6. The zero-order valence-electron chi connectivity index (χ0n) is 16.2. The maximum atomic E-state index is 12.6. The van der Waals surface area contributed by atoms with Gasteiger partial charge in [0.05, 0.1) is 11.9 Å². The summed E-state index contributed by atoms with van der Waals surface area (Å²) >= 11 is 0. The zero-order valence-corrected chi connectivity index (χ0v) is 17.0. The van der Waals surface area contributed by atoms with Crippen LogP contribution in [0.5, 0.6) is 5.75 Å². The second-order valence-electron chi connectivity index (χ2n) is 7.08. The van der Waals surface area contributed by atoms with Gasteiger partial charge in [-0.25, -0.2) is 8.42 Å². The van der Waals surface area contributed by atoms with Crippen molar-refractivity contribution in [3.05, 3.63) is 59.7 Å². The van der Waals surface area contributed by atoms with Crippen LogP contribution in [-0.4, -0.2) is 39.8 Å². The summed E-state index contributed by atoms with van der Waals surface area (Å²) in [7, 11) is -3.44. The molecule has 0 radical (unpaired) electrons. The molecule has 0 spiro atoms. The number of anilines is 1. The van der Waals surface area contributed by atoms with Crippen LogP contribution in [0.3, 0.4) is 0 Å². The summed E-state index contributed by atoms with van der Waals surface area (Å²) in [6, 6.07) is 15.3. The summed E-state index contributed by atoms with van der Waals surface area (Å²) in [5.41, 5.74) is 2.94. The molecule has 3 rings (SSSR count). The molecule has 1 aliphatic heterocycles. The number of fused-ring (bicyclic) bond motifs is 1. The van der Waals surface area contributed by atoms with Crippen LogP contribution in [0, 0.1) is 6.92 Å². The number of carbonyl (C=O) groups is 1. The average molecular weight is 403 g/mol. The lowest BCUT2D eigenvalue weighted by Crippen LogP contribution is -2.40. The van der Waals surface area contributed by atoms with E-state index in [1.54, 1.807) is 24.3 Å². The first-order valence-electron chi connectivity index (χ1n) is 9.41. The fraction of sp³-hybridized carbons (Fsp3) is 0.381. The Morgan fingerprint density at radius 3 is 2.61 bits per heavy atom. The topological polar surface area (TPSA) is 75.7 Å². The van der Waals surface area contributed by atoms with E-state index in [1.807, 2.05) is 0 Å². The van der Waals surface area contributed by atoms with E-state index in [1.165, 1.54) is 15.4 Å². The SMILES string of the molecule is Cc1ccc(CCCNC(=O)[C@H]2CCN(S(C)(=O)=O)c3ccccc3O2)cc1. The molecule has 1 N–H and O–H groups in total. The number of rotatable bonds is 6. The van der Waals surface area contributed by atoms with Crippen LogP contribution < -0.4 is 14.4 Å². The van der Waals surface area contributed by atoms with Crippen LogP contribution in [0.1, 0.15) is 24.0 Å². The highest BCUT2D eigenvalue weighted by Gasteiger charge is 2.30. The van der Waals surface area contributed by atoms with E-state index in [9.17, 15) is 13.2 Å². The van der Waals surface area contributed by atoms with Crippen molar-refractivity contribution in [1.82, 2.24) is 5.32 Å². The first kappa shape index (κ1) is 20.2. The monoisotopic (exact) mass is 402 g/mol. The summed E-state index contributed by atoms with van der Waals surface area (Å²) in [5, 5.41) is 2.91. The molecule has 28 heavy (non-hydrogen) atoms. The summed E-state index contributed by atoms with van der Waals surface area (Å²) < 4.78 is 31.4. The third kappa shape index (κ3) is 5.04. The number of benzene rings is 2. The fourth-order valence-electron chi connectivity index (χ4n) is 3.23. The van der Waals surface area contributed by atoms with E-state index >= 15 is 0 Å². The summed E-state index contributed by atoms with van der Waals surface area (Å²) in [6.45, 7) is 2.81. The molecular formula is C21H26N2O4S. The van der Waals surface area contributed by atoms with Crippen molar-refractivity contribution in [2.75, 3.05) is 23.7 Å². The van der Waals surface area contributed by atoms with Crippen molar-refractivity contribution in [2.24, 2.45) is 0 Å². The lowest BCUT2D eigenvalue weighted by atomic mass is 10.1. The molecule has 0 saturated heterocycles. The molecule has 0 unspecified atom stereocenters. The molecule has 1 heterocycles. The molecule has 0 aromatic heterocycles. The van der Waals surface area contributed by atoms with E-state index in [4.69, 9.17) is 4.74 Å². The fourth-order valence-corrected chi connectivity index (χ4v) is 4.18. The quantitative estimate of drug-likeness (QED) is 0.754. The third-order valence-corrected chi connectivity index (χ3v) is 5.93. The molecule has 1 aliphatic rings. The summed E-state index contributed by atoms with van der Waals surface area (Å²) in [5.74, 6) is 0.194. The molecule has 1 amide bonds. The molecule has 2 aromatic rings. The van der Waals surface area contributed by atoms with Crippen molar-refractivity contribution in [1.29, 1.82) is 0 Å². The molecule has 7 heteroatoms. The number of sulfonamides is 1. The molecule has 0 aliphatic carbocycles. The van der Waals surface area contributed by atoms with Gasteiger partial charge in [-0.05, 0) is 37.5 Å². The minimum atomic E-state index is -3.44. The van der Waals surface area contributed by atoms with Gasteiger partial charge in [-0.15, -0.1) is 0 Å². The number of nitrogens with zero attached hydrogens (tertiary/aromatic N) is 1. The van der Waals surface area contributed by atoms with Gasteiger partial charge in [0, 0.05) is 19.5 Å². The number of para-hydroxylation sites is 2. The van der Waals surface area contributed by atoms with Crippen molar-refractivity contribution >= 4 is 21.6 Å². The van der Waals surface area contributed by atoms with Crippen LogP contribution >= 0.6 is 0 Å². The second-order valence-corrected chi connectivity index (χ2v) is 8.99. The van der Waals surface area contributed by atoms with E-state index in [0.717, 1.165) is 19.1 Å². The van der Waals surface area contributed by atoms with E-state index in [0.29, 0.717) is 24.4 Å². The smallest absolute Gasteiger partial charge is 0.261 e. The number of nitrogens with one attached hydrogen (secondary N) is 1. The van der Waals surface area contributed by atoms with Crippen LogP contribution in [-0.2, 0) is 21.2 Å². The maximum absolute atomic E-state index is 12.6. The van der Waals surface area contributed by atoms with Gasteiger partial charge in [-0.1, -0.05) is 42.0 Å². The van der Waals surface area contributed by atoms with Gasteiger partial charge in [-0.3, -0.25) is 9.10 Å². The van der Waals surface area contributed by atoms with Crippen LogP contribution in [0.25, 0.3) is 0 Å². The van der Waals surface area contributed by atoms with Gasteiger partial charge in [0.1, 0.15) is 5.75 Å². The van der Waals surface area contributed by atoms with Crippen molar-refractivity contribution in [3.63, 3.8) is 0 Å². The molecule has 0 saturated carbocycles. The highest BCUT2D eigenvalue weighted by atomic mass is 32.2. The Bertz CT molecular complexity index is 926. The molecule has 150 valence electrons. The van der Waals surface area contributed by atoms with Gasteiger partial charge < -0.3 is 10.1 Å². The van der Waals surface area contributed by atoms with Crippen molar-refractivity contribution < 1.29 is 17.9 Å². The molecule has 1 atom stereocenters. The Hall–Kier alpha value is -2.54. The maximum Gasteiger partial charge on any atom is 0.261 e. The minimum Gasteiger partial charge on any atom is -0.478 e. The van der Waals surface area contributed by atoms with Crippen LogP contribution in [0.15, 0.2) is 48.5 Å². The minimum absolute atomic E-state index is 0.206. The molecular weight excluding hydrogens is 376 g/mol. The average Bonchev–Trinajstić information content (AvgIpc) is 2.86. The lowest BCUT2D eigenvalue weighted by Gasteiger charge is -2.20. The Labute approximate surface area is 166 Å². The molecule has 2 aromatic carbocycles. The van der Waals surface area contributed by atoms with Crippen LogP contribution in [0.2, 0.25) is 0 Å². The third-order valence-electron chi connectivity index (χ3n) is 4.75.